The summed E-state index contributed by atoms with van der Waals surface area (Å²) >= 11 is 1.86. The maximum absolute atomic E-state index is 6.84. The molecule has 1 aliphatic rings. The molecule has 2 aromatic heterocycles. The van der Waals surface area contributed by atoms with Gasteiger partial charge in [-0.15, -0.1) is 11.3 Å². The lowest BCUT2D eigenvalue weighted by atomic mass is 9.90. The quantitative estimate of drug-likeness (QED) is 0.211. The van der Waals surface area contributed by atoms with E-state index in [4.69, 9.17) is 4.42 Å². The van der Waals surface area contributed by atoms with Crippen LogP contribution in [0.2, 0.25) is 0 Å². The fraction of sp³-hybridized carbons (Fsp3) is 0. The predicted molar refractivity (Wildman–Crippen MR) is 205 cm³/mol. The van der Waals surface area contributed by atoms with E-state index in [1.54, 1.807) is 0 Å². The molecule has 0 radical (unpaired) electrons. The number of nitrogens with one attached hydrogen (secondary N) is 1. The normalized spacial score (nSPS) is 12.3. The molecule has 0 spiro atoms. The van der Waals surface area contributed by atoms with Crippen LogP contribution in [0.25, 0.3) is 74.8 Å². The number of thiophene rings is 1. The highest BCUT2D eigenvalue weighted by Gasteiger charge is 2.24. The lowest BCUT2D eigenvalue weighted by molar-refractivity contribution is 0.673. The van der Waals surface area contributed by atoms with E-state index in [0.717, 1.165) is 55.8 Å². The first-order chi connectivity index (χ1) is 23.8. The number of furan rings is 1. The molecule has 1 aliphatic heterocycles. The monoisotopic (exact) mass is 630 g/mol. The molecule has 3 nitrogen and oxygen atoms in total. The van der Waals surface area contributed by atoms with Crippen molar-refractivity contribution in [3.63, 3.8) is 0 Å². The number of para-hydroxylation sites is 2. The number of anilines is 5. The van der Waals surface area contributed by atoms with Gasteiger partial charge >= 0.3 is 0 Å². The highest BCUT2D eigenvalue weighted by Crippen LogP contribution is 2.50. The van der Waals surface area contributed by atoms with Gasteiger partial charge in [0.05, 0.1) is 5.69 Å². The molecule has 8 aromatic carbocycles. The Hall–Kier alpha value is -6.10. The second-order valence-electron chi connectivity index (χ2n) is 12.6. The Morgan fingerprint density at radius 1 is 0.458 bits per heavy atom. The SMILES string of the molecule is c1ccc(N(c2ccc3c(c2)oc2c4cccc5c4c(cc32)-c2ccccc2N5)c2cc3sc4ccccc4c3c3ccccc23)cc1. The Labute approximate surface area is 279 Å². The Kier molecular flexibility index (Phi) is 5.26. The number of nitrogens with zero attached hydrogens (tertiary/aromatic N) is 1. The van der Waals surface area contributed by atoms with E-state index < -0.39 is 0 Å². The molecule has 224 valence electrons. The van der Waals surface area contributed by atoms with Gasteiger partial charge in [0.25, 0.3) is 0 Å². The average molecular weight is 631 g/mol. The van der Waals surface area contributed by atoms with E-state index >= 15 is 0 Å². The summed E-state index contributed by atoms with van der Waals surface area (Å²) in [7, 11) is 0. The van der Waals surface area contributed by atoms with Gasteiger partial charge in [-0.05, 0) is 65.5 Å². The third kappa shape index (κ3) is 3.58. The van der Waals surface area contributed by atoms with Crippen LogP contribution in [0.5, 0.6) is 0 Å². The third-order valence-electron chi connectivity index (χ3n) is 9.94. The number of hydrogen-bond acceptors (Lipinski definition) is 4. The molecule has 0 saturated carbocycles. The lowest BCUT2D eigenvalue weighted by Gasteiger charge is -2.27. The van der Waals surface area contributed by atoms with Gasteiger partial charge in [-0.2, -0.15) is 0 Å². The molecule has 4 heteroatoms. The van der Waals surface area contributed by atoms with Crippen molar-refractivity contribution in [2.45, 2.75) is 0 Å². The first-order valence-electron chi connectivity index (χ1n) is 16.3. The van der Waals surface area contributed by atoms with E-state index in [0.29, 0.717) is 0 Å². The molecule has 11 rings (SSSR count). The van der Waals surface area contributed by atoms with Gasteiger partial charge in [0.15, 0.2) is 0 Å². The van der Waals surface area contributed by atoms with Gasteiger partial charge < -0.3 is 14.6 Å². The zero-order valence-corrected chi connectivity index (χ0v) is 26.5. The Balaban J connectivity index is 1.18. The summed E-state index contributed by atoms with van der Waals surface area (Å²) < 4.78 is 9.43. The van der Waals surface area contributed by atoms with Crippen molar-refractivity contribution in [3.05, 3.63) is 152 Å². The fourth-order valence-electron chi connectivity index (χ4n) is 7.88. The molecule has 0 saturated heterocycles. The molecule has 3 heterocycles. The number of benzene rings is 8. The molecule has 0 bridgehead atoms. The smallest absolute Gasteiger partial charge is 0.143 e. The van der Waals surface area contributed by atoms with E-state index in [1.807, 2.05) is 11.3 Å². The number of fused-ring (bicyclic) bond motifs is 11. The average Bonchev–Trinajstić information content (AvgIpc) is 3.70. The van der Waals surface area contributed by atoms with Gasteiger partial charge in [-0.1, -0.05) is 91.0 Å². The number of rotatable bonds is 3. The second kappa shape index (κ2) is 9.71. The molecule has 10 aromatic rings. The summed E-state index contributed by atoms with van der Waals surface area (Å²) in [6, 6.07) is 54.7. The zero-order valence-electron chi connectivity index (χ0n) is 25.7. The van der Waals surface area contributed by atoms with Crippen molar-refractivity contribution < 1.29 is 4.42 Å². The molecular formula is C44H26N2OS. The van der Waals surface area contributed by atoms with Crippen LogP contribution in [0.4, 0.5) is 28.4 Å². The minimum atomic E-state index is 0.875. The Morgan fingerprint density at radius 2 is 1.21 bits per heavy atom. The van der Waals surface area contributed by atoms with Crippen LogP contribution in [0, 0.1) is 0 Å². The van der Waals surface area contributed by atoms with Gasteiger partial charge in [-0.25, -0.2) is 0 Å². The predicted octanol–water partition coefficient (Wildman–Crippen LogP) is 13.5. The van der Waals surface area contributed by atoms with Crippen molar-refractivity contribution in [2.24, 2.45) is 0 Å². The van der Waals surface area contributed by atoms with Gasteiger partial charge in [0, 0.05) is 81.5 Å². The number of hydrogen-bond donors (Lipinski definition) is 1. The summed E-state index contributed by atoms with van der Waals surface area (Å²) in [5.41, 5.74) is 9.81. The van der Waals surface area contributed by atoms with Gasteiger partial charge in [0.2, 0.25) is 0 Å². The summed E-state index contributed by atoms with van der Waals surface area (Å²) in [6.07, 6.45) is 0. The van der Waals surface area contributed by atoms with Gasteiger partial charge in [0.1, 0.15) is 11.2 Å². The third-order valence-corrected chi connectivity index (χ3v) is 11.1. The first kappa shape index (κ1) is 26.0. The van der Waals surface area contributed by atoms with E-state index in [2.05, 4.69) is 162 Å². The second-order valence-corrected chi connectivity index (χ2v) is 13.6. The largest absolute Gasteiger partial charge is 0.455 e. The topological polar surface area (TPSA) is 28.4 Å². The molecule has 0 aliphatic carbocycles. The van der Waals surface area contributed by atoms with Crippen LogP contribution in [0.1, 0.15) is 0 Å². The Bertz CT molecular complexity index is 2940. The minimum Gasteiger partial charge on any atom is -0.455 e. The van der Waals surface area contributed by atoms with Crippen LogP contribution < -0.4 is 10.2 Å². The van der Waals surface area contributed by atoms with Crippen LogP contribution in [0.3, 0.4) is 0 Å². The molecule has 0 unspecified atom stereocenters. The zero-order chi connectivity index (χ0) is 31.3. The van der Waals surface area contributed by atoms with Crippen LogP contribution in [-0.2, 0) is 0 Å². The first-order valence-corrected chi connectivity index (χ1v) is 17.1. The van der Waals surface area contributed by atoms with Crippen molar-refractivity contribution in [1.82, 2.24) is 0 Å². The minimum absolute atomic E-state index is 0.875. The Morgan fingerprint density at radius 3 is 2.12 bits per heavy atom. The summed E-state index contributed by atoms with van der Waals surface area (Å²) in [5.74, 6) is 0. The highest BCUT2D eigenvalue weighted by atomic mass is 32.1. The van der Waals surface area contributed by atoms with Crippen LogP contribution in [0.15, 0.2) is 156 Å². The van der Waals surface area contributed by atoms with Crippen molar-refractivity contribution in [2.75, 3.05) is 10.2 Å². The van der Waals surface area contributed by atoms with Crippen molar-refractivity contribution >= 4 is 103 Å². The highest BCUT2D eigenvalue weighted by molar-refractivity contribution is 7.26. The maximum Gasteiger partial charge on any atom is 0.143 e. The molecule has 0 atom stereocenters. The van der Waals surface area contributed by atoms with E-state index in [1.165, 1.54) is 47.5 Å². The molecule has 1 N–H and O–H groups in total. The molecular weight excluding hydrogens is 605 g/mol. The fourth-order valence-corrected chi connectivity index (χ4v) is 9.04. The van der Waals surface area contributed by atoms with Crippen molar-refractivity contribution in [3.8, 4) is 11.1 Å². The van der Waals surface area contributed by atoms with Crippen LogP contribution in [-0.4, -0.2) is 0 Å². The standard InChI is InChI=1S/C44H26N2OS/c1-2-11-26(12-3-1)46(38-25-41-43(31-15-5-4-14-29(31)38)32-16-7-9-20-40(32)48-41)27-21-22-30-35-24-34-28-13-6-8-18-36(28)45-37-19-10-17-33(42(34)37)44(35)47-39(30)23-27/h1-25,45H. The molecule has 48 heavy (non-hydrogen) atoms. The van der Waals surface area contributed by atoms with E-state index in [-0.39, 0.29) is 0 Å². The lowest BCUT2D eigenvalue weighted by Crippen LogP contribution is -2.10. The molecule has 0 fully saturated rings. The summed E-state index contributed by atoms with van der Waals surface area (Å²) in [5, 5.41) is 13.4. The summed E-state index contributed by atoms with van der Waals surface area (Å²) in [6.45, 7) is 0. The molecule has 0 amide bonds. The van der Waals surface area contributed by atoms with Crippen LogP contribution >= 0.6 is 11.3 Å². The summed E-state index contributed by atoms with van der Waals surface area (Å²) in [4.78, 5) is 2.38. The van der Waals surface area contributed by atoms with E-state index in [9.17, 15) is 0 Å². The maximum atomic E-state index is 6.84. The van der Waals surface area contributed by atoms with Crippen molar-refractivity contribution in [1.29, 1.82) is 0 Å². The van der Waals surface area contributed by atoms with Gasteiger partial charge in [-0.3, -0.25) is 0 Å².